The van der Waals surface area contributed by atoms with E-state index in [1.807, 2.05) is 0 Å². The van der Waals surface area contributed by atoms with Gasteiger partial charge in [-0.2, -0.15) is 0 Å². The first kappa shape index (κ1) is 36.9. The van der Waals surface area contributed by atoms with Gasteiger partial charge in [0.1, 0.15) is 0 Å². The second-order valence-electron chi connectivity index (χ2n) is 20.9. The van der Waals surface area contributed by atoms with Crippen LogP contribution in [0.4, 0.5) is 17.1 Å². The van der Waals surface area contributed by atoms with Gasteiger partial charge in [0.2, 0.25) is 0 Å². The van der Waals surface area contributed by atoms with E-state index in [1.54, 1.807) is 0 Å². The Morgan fingerprint density at radius 2 is 0.635 bits per heavy atom. The van der Waals surface area contributed by atoms with Crippen LogP contribution in [0, 0.1) is 0 Å². The molecule has 0 saturated heterocycles. The van der Waals surface area contributed by atoms with E-state index >= 15 is 0 Å². The van der Waals surface area contributed by atoms with Crippen LogP contribution in [0.15, 0.2) is 164 Å². The molecule has 1 nitrogen and oxygen atoms in total. The Bertz CT molecular complexity index is 3290. The zero-order valence-electron chi connectivity index (χ0n) is 37.5. The van der Waals surface area contributed by atoms with Crippen LogP contribution in [0.2, 0.25) is 0 Å². The van der Waals surface area contributed by atoms with Crippen molar-refractivity contribution in [1.29, 1.82) is 0 Å². The zero-order chi connectivity index (χ0) is 42.9. The van der Waals surface area contributed by atoms with Crippen molar-refractivity contribution in [3.8, 4) is 44.5 Å². The second kappa shape index (κ2) is 12.1. The molecule has 304 valence electrons. The second-order valence-corrected chi connectivity index (χ2v) is 20.9. The summed E-state index contributed by atoms with van der Waals surface area (Å²) in [5.74, 6) is 0. The minimum Gasteiger partial charge on any atom is -0.310 e. The van der Waals surface area contributed by atoms with Crippen molar-refractivity contribution >= 4 is 38.6 Å². The average molecular weight is 810 g/mol. The van der Waals surface area contributed by atoms with E-state index in [2.05, 4.69) is 224 Å². The lowest BCUT2D eigenvalue weighted by atomic mass is 9.79. The lowest BCUT2D eigenvalue weighted by Crippen LogP contribution is -2.18. The van der Waals surface area contributed by atoms with Gasteiger partial charge in [0.05, 0.1) is 0 Å². The van der Waals surface area contributed by atoms with E-state index in [-0.39, 0.29) is 21.7 Å². The highest BCUT2D eigenvalue weighted by atomic mass is 15.1. The maximum atomic E-state index is 2.55. The summed E-state index contributed by atoms with van der Waals surface area (Å²) in [4.78, 5) is 2.48. The van der Waals surface area contributed by atoms with Gasteiger partial charge in [-0.05, 0) is 171 Å². The van der Waals surface area contributed by atoms with E-state index in [9.17, 15) is 0 Å². The quantitative estimate of drug-likeness (QED) is 0.172. The molecule has 9 aromatic carbocycles. The Morgan fingerprint density at radius 3 is 1.10 bits per heavy atom. The summed E-state index contributed by atoms with van der Waals surface area (Å²) in [7, 11) is 0. The van der Waals surface area contributed by atoms with E-state index in [1.165, 1.54) is 122 Å². The lowest BCUT2D eigenvalue weighted by molar-refractivity contribution is 0.652. The van der Waals surface area contributed by atoms with E-state index in [0.29, 0.717) is 0 Å². The van der Waals surface area contributed by atoms with E-state index in [4.69, 9.17) is 0 Å². The predicted molar refractivity (Wildman–Crippen MR) is 266 cm³/mol. The minimum absolute atomic E-state index is 0.0865. The van der Waals surface area contributed by atoms with Gasteiger partial charge in [-0.15, -0.1) is 0 Å². The fourth-order valence-corrected chi connectivity index (χ4v) is 12.7. The van der Waals surface area contributed by atoms with Crippen molar-refractivity contribution in [3.05, 3.63) is 208 Å². The Hall–Kier alpha value is -6.70. The van der Waals surface area contributed by atoms with Gasteiger partial charge in [0.15, 0.2) is 0 Å². The molecule has 0 amide bonds. The maximum absolute atomic E-state index is 2.55. The third-order valence-corrected chi connectivity index (χ3v) is 16.2. The summed E-state index contributed by atoms with van der Waals surface area (Å²) in [5, 5.41) is 5.31. The first-order valence-electron chi connectivity index (χ1n) is 22.8. The smallest absolute Gasteiger partial charge is 0.0465 e. The molecule has 0 radical (unpaired) electrons. The summed E-state index contributed by atoms with van der Waals surface area (Å²) in [6.07, 6.45) is 0. The molecule has 0 bridgehead atoms. The molecule has 0 fully saturated rings. The van der Waals surface area contributed by atoms with Crippen molar-refractivity contribution in [3.63, 3.8) is 0 Å². The first-order valence-corrected chi connectivity index (χ1v) is 22.8. The SMILES string of the molecule is CC1(C)c2cc(N(c3ccccc3)c3ccc4c(c3)C(C)(C)c3cc5c(cc3-4)C(C)(C)c3ccc4ccccc4c3-5)ccc2-c2cc3c(cc21)-c1c(ccc2ccccc12)C3(C)C. The van der Waals surface area contributed by atoms with Crippen LogP contribution in [0.1, 0.15) is 99.9 Å². The van der Waals surface area contributed by atoms with E-state index < -0.39 is 0 Å². The number of nitrogens with zero attached hydrogens (tertiary/aromatic N) is 1. The Kier molecular flexibility index (Phi) is 7.06. The monoisotopic (exact) mass is 809 g/mol. The summed E-state index contributed by atoms with van der Waals surface area (Å²) >= 11 is 0. The van der Waals surface area contributed by atoms with Crippen LogP contribution in [-0.4, -0.2) is 0 Å². The molecule has 4 aliphatic rings. The fraction of sp³-hybridized carbons (Fsp3) is 0.194. The predicted octanol–water partition coefficient (Wildman–Crippen LogP) is 16.7. The van der Waals surface area contributed by atoms with Crippen LogP contribution in [0.25, 0.3) is 66.1 Å². The average Bonchev–Trinajstić information content (AvgIpc) is 3.85. The molecule has 0 unspecified atom stereocenters. The Morgan fingerprint density at radius 1 is 0.270 bits per heavy atom. The summed E-state index contributed by atoms with van der Waals surface area (Å²) in [6, 6.07) is 62.8. The van der Waals surface area contributed by atoms with Crippen LogP contribution in [0.3, 0.4) is 0 Å². The van der Waals surface area contributed by atoms with Gasteiger partial charge in [-0.1, -0.05) is 159 Å². The molecular formula is C62H51N. The largest absolute Gasteiger partial charge is 0.310 e. The van der Waals surface area contributed by atoms with Crippen molar-refractivity contribution in [1.82, 2.24) is 0 Å². The van der Waals surface area contributed by atoms with Gasteiger partial charge < -0.3 is 4.90 Å². The molecular weight excluding hydrogens is 759 g/mol. The number of benzene rings is 9. The number of rotatable bonds is 3. The number of hydrogen-bond acceptors (Lipinski definition) is 1. The molecule has 0 aliphatic heterocycles. The third kappa shape index (κ3) is 4.68. The number of fused-ring (bicyclic) bond motifs is 16. The van der Waals surface area contributed by atoms with Crippen LogP contribution < -0.4 is 4.90 Å². The summed E-state index contributed by atoms with van der Waals surface area (Å²) in [5.41, 5.74) is 25.4. The highest BCUT2D eigenvalue weighted by Crippen LogP contribution is 2.60. The maximum Gasteiger partial charge on any atom is 0.0465 e. The minimum atomic E-state index is -0.185. The molecule has 1 heteroatoms. The van der Waals surface area contributed by atoms with Crippen molar-refractivity contribution < 1.29 is 0 Å². The molecule has 13 rings (SSSR count). The van der Waals surface area contributed by atoms with Gasteiger partial charge in [0, 0.05) is 38.7 Å². The number of para-hydroxylation sites is 1. The molecule has 0 spiro atoms. The highest BCUT2D eigenvalue weighted by Gasteiger charge is 2.44. The topological polar surface area (TPSA) is 3.24 Å². The molecule has 4 aliphatic carbocycles. The Labute approximate surface area is 371 Å². The van der Waals surface area contributed by atoms with Gasteiger partial charge in [-0.3, -0.25) is 0 Å². The first-order chi connectivity index (χ1) is 30.3. The van der Waals surface area contributed by atoms with E-state index in [0.717, 1.165) is 5.69 Å². The fourth-order valence-electron chi connectivity index (χ4n) is 12.7. The van der Waals surface area contributed by atoms with Crippen LogP contribution in [-0.2, 0) is 21.7 Å². The van der Waals surface area contributed by atoms with Gasteiger partial charge >= 0.3 is 0 Å². The molecule has 0 N–H and O–H groups in total. The van der Waals surface area contributed by atoms with Crippen molar-refractivity contribution in [2.24, 2.45) is 0 Å². The zero-order valence-corrected chi connectivity index (χ0v) is 37.5. The summed E-state index contributed by atoms with van der Waals surface area (Å²) in [6.45, 7) is 19.4. The lowest BCUT2D eigenvalue weighted by Gasteiger charge is -2.29. The number of hydrogen-bond donors (Lipinski definition) is 0. The Balaban J connectivity index is 0.938. The molecule has 0 atom stereocenters. The van der Waals surface area contributed by atoms with Crippen LogP contribution >= 0.6 is 0 Å². The van der Waals surface area contributed by atoms with Crippen molar-refractivity contribution in [2.75, 3.05) is 4.90 Å². The molecule has 0 aromatic heterocycles. The normalized spacial score (nSPS) is 16.8. The molecule has 0 heterocycles. The molecule has 0 saturated carbocycles. The molecule has 9 aromatic rings. The van der Waals surface area contributed by atoms with Crippen LogP contribution in [0.5, 0.6) is 0 Å². The molecule has 63 heavy (non-hydrogen) atoms. The highest BCUT2D eigenvalue weighted by molar-refractivity contribution is 6.05. The third-order valence-electron chi connectivity index (χ3n) is 16.2. The standard InChI is InChI=1S/C62H51N/c1-59(2)49-28-22-36-16-12-14-20-41(36)57(49)47-34-53-45(32-55(47)59)43-26-24-39(30-51(43)61(53,5)6)63(38-18-10-9-11-19-38)40-25-27-44-46-33-56-48(35-54(46)62(7,8)52(44)31-40)58-42-21-15-13-17-37(42)23-29-50(58)60(56,3)4/h9-35H,1-8H3. The number of anilines is 3. The van der Waals surface area contributed by atoms with Gasteiger partial charge in [0.25, 0.3) is 0 Å². The van der Waals surface area contributed by atoms with Crippen molar-refractivity contribution in [2.45, 2.75) is 77.0 Å². The van der Waals surface area contributed by atoms with Gasteiger partial charge in [-0.25, -0.2) is 0 Å². The summed E-state index contributed by atoms with van der Waals surface area (Å²) < 4.78 is 0.